The zero-order valence-electron chi connectivity index (χ0n) is 27.1. The van der Waals surface area contributed by atoms with Crippen LogP contribution in [0.3, 0.4) is 0 Å². The molecule has 0 aliphatic heterocycles. The van der Waals surface area contributed by atoms with Gasteiger partial charge in [-0.2, -0.15) is 0 Å². The fourth-order valence-corrected chi connectivity index (χ4v) is 4.38. The van der Waals surface area contributed by atoms with Crippen molar-refractivity contribution in [3.05, 3.63) is 47.7 Å². The van der Waals surface area contributed by atoms with Crippen molar-refractivity contribution < 1.29 is 19.5 Å². The van der Waals surface area contributed by atoms with E-state index in [0.717, 1.165) is 16.5 Å². The first-order valence-corrected chi connectivity index (χ1v) is 14.2. The van der Waals surface area contributed by atoms with E-state index in [-0.39, 0.29) is 23.9 Å². The molecule has 1 heterocycles. The molecule has 226 valence electrons. The van der Waals surface area contributed by atoms with Crippen molar-refractivity contribution >= 4 is 28.7 Å². The first kappa shape index (κ1) is 36.9. The molecule has 2 amide bonds. The molecule has 2 atom stereocenters. The SMILES string of the molecule is CC.CCC.CNC(C(=O)NC(C(=O)N(C)C/C=C(\C)C(=O)O)C(C)(C)C)C(C)(C)c1cn(C)c2ccccc12. The van der Waals surface area contributed by atoms with Crippen LogP contribution in [0.1, 0.15) is 81.2 Å². The lowest BCUT2D eigenvalue weighted by Crippen LogP contribution is -2.60. The molecule has 2 unspecified atom stereocenters. The number of likely N-dealkylation sites (N-methyl/N-ethyl adjacent to an activating group) is 2. The monoisotopic (exact) mass is 558 g/mol. The second-order valence-corrected chi connectivity index (χ2v) is 11.5. The third-order valence-corrected chi connectivity index (χ3v) is 6.65. The molecule has 0 bridgehead atoms. The largest absolute Gasteiger partial charge is 0.478 e. The minimum atomic E-state index is -1.03. The Balaban J connectivity index is 0.00000284. The number of carbonyl (C=O) groups is 3. The predicted octanol–water partition coefficient (Wildman–Crippen LogP) is 5.51. The summed E-state index contributed by atoms with van der Waals surface area (Å²) in [6, 6.07) is 6.68. The number of amides is 2. The third-order valence-electron chi connectivity index (χ3n) is 6.65. The summed E-state index contributed by atoms with van der Waals surface area (Å²) in [4.78, 5) is 39.5. The van der Waals surface area contributed by atoms with Crippen LogP contribution >= 0.6 is 0 Å². The maximum absolute atomic E-state index is 13.6. The molecule has 8 heteroatoms. The van der Waals surface area contributed by atoms with Crippen LogP contribution in [0.15, 0.2) is 42.1 Å². The lowest BCUT2D eigenvalue weighted by atomic mass is 9.76. The number of hydrogen-bond acceptors (Lipinski definition) is 4. The van der Waals surface area contributed by atoms with Crippen molar-refractivity contribution in [2.45, 2.75) is 93.2 Å². The van der Waals surface area contributed by atoms with Crippen LogP contribution in [0.25, 0.3) is 10.9 Å². The highest BCUT2D eigenvalue weighted by atomic mass is 16.4. The highest BCUT2D eigenvalue weighted by Gasteiger charge is 2.41. The Morgan fingerprint density at radius 2 is 1.57 bits per heavy atom. The third kappa shape index (κ3) is 9.51. The molecule has 2 aromatic rings. The van der Waals surface area contributed by atoms with Gasteiger partial charge in [0.25, 0.3) is 0 Å². The number of carboxylic acid groups (broad SMARTS) is 1. The zero-order chi connectivity index (χ0) is 31.4. The van der Waals surface area contributed by atoms with Gasteiger partial charge in [0, 0.05) is 48.7 Å². The summed E-state index contributed by atoms with van der Waals surface area (Å²) in [5, 5.41) is 16.3. The average Bonchev–Trinajstić information content (AvgIpc) is 3.23. The fourth-order valence-electron chi connectivity index (χ4n) is 4.38. The van der Waals surface area contributed by atoms with Crippen LogP contribution in [0.5, 0.6) is 0 Å². The van der Waals surface area contributed by atoms with Gasteiger partial charge in [0.05, 0.1) is 6.04 Å². The Morgan fingerprint density at radius 1 is 1.05 bits per heavy atom. The van der Waals surface area contributed by atoms with Crippen molar-refractivity contribution in [1.82, 2.24) is 20.1 Å². The predicted molar refractivity (Wildman–Crippen MR) is 167 cm³/mol. The van der Waals surface area contributed by atoms with Crippen molar-refractivity contribution in [1.29, 1.82) is 0 Å². The molecule has 1 aromatic carbocycles. The van der Waals surface area contributed by atoms with Gasteiger partial charge in [-0.3, -0.25) is 9.59 Å². The highest BCUT2D eigenvalue weighted by Crippen LogP contribution is 2.34. The van der Waals surface area contributed by atoms with E-state index in [9.17, 15) is 14.4 Å². The van der Waals surface area contributed by atoms with Gasteiger partial charge in [-0.25, -0.2) is 4.79 Å². The summed E-state index contributed by atoms with van der Waals surface area (Å²) in [6.07, 6.45) is 4.79. The molecule has 1 aromatic heterocycles. The van der Waals surface area contributed by atoms with Crippen LogP contribution < -0.4 is 10.6 Å². The molecule has 3 N–H and O–H groups in total. The minimum Gasteiger partial charge on any atom is -0.478 e. The highest BCUT2D eigenvalue weighted by molar-refractivity contribution is 5.93. The number of rotatable bonds is 9. The maximum Gasteiger partial charge on any atom is 0.331 e. The number of benzene rings is 1. The molecule has 0 radical (unpaired) electrons. The lowest BCUT2D eigenvalue weighted by Gasteiger charge is -2.38. The van der Waals surface area contributed by atoms with Gasteiger partial charge in [0.2, 0.25) is 11.8 Å². The van der Waals surface area contributed by atoms with Crippen LogP contribution in [-0.4, -0.2) is 65.1 Å². The van der Waals surface area contributed by atoms with Gasteiger partial charge in [-0.1, -0.05) is 93.0 Å². The van der Waals surface area contributed by atoms with Crippen molar-refractivity contribution in [2.75, 3.05) is 20.6 Å². The van der Waals surface area contributed by atoms with Gasteiger partial charge in [-0.15, -0.1) is 0 Å². The van der Waals surface area contributed by atoms with E-state index in [0.29, 0.717) is 0 Å². The molecule has 0 aliphatic carbocycles. The molecule has 2 rings (SSSR count). The molecule has 0 saturated heterocycles. The van der Waals surface area contributed by atoms with Gasteiger partial charge in [-0.05, 0) is 31.0 Å². The molecule has 40 heavy (non-hydrogen) atoms. The molecular weight excluding hydrogens is 504 g/mol. The Bertz CT molecular complexity index is 1140. The number of aromatic nitrogens is 1. The number of nitrogens with one attached hydrogen (secondary N) is 2. The molecule has 0 spiro atoms. The summed E-state index contributed by atoms with van der Waals surface area (Å²) >= 11 is 0. The van der Waals surface area contributed by atoms with Crippen molar-refractivity contribution in [2.24, 2.45) is 12.5 Å². The molecule has 8 nitrogen and oxygen atoms in total. The summed E-state index contributed by atoms with van der Waals surface area (Å²) < 4.78 is 2.06. The normalized spacial score (nSPS) is 13.3. The number of carbonyl (C=O) groups excluding carboxylic acids is 2. The van der Waals surface area contributed by atoms with E-state index in [1.165, 1.54) is 24.3 Å². The number of hydrogen-bond donors (Lipinski definition) is 3. The number of fused-ring (bicyclic) bond motifs is 1. The second kappa shape index (κ2) is 16.2. The molecule has 0 aliphatic rings. The van der Waals surface area contributed by atoms with Gasteiger partial charge >= 0.3 is 5.97 Å². The summed E-state index contributed by atoms with van der Waals surface area (Å²) in [7, 11) is 5.34. The average molecular weight is 559 g/mol. The van der Waals surface area contributed by atoms with Gasteiger partial charge in [0.15, 0.2) is 0 Å². The van der Waals surface area contributed by atoms with Gasteiger partial charge in [0.1, 0.15) is 6.04 Å². The quantitative estimate of drug-likeness (QED) is 0.352. The summed E-state index contributed by atoms with van der Waals surface area (Å²) in [5.74, 6) is -1.58. The van der Waals surface area contributed by atoms with E-state index in [4.69, 9.17) is 5.11 Å². The standard InChI is InChI=1S/C27H40N4O4.C3H8.C2H6/c1-17(25(34)35)14-15-30(8)24(33)22(26(2,3)4)29-23(32)21(28-7)27(5,6)19-16-31(9)20-13-11-10-12-18(19)20;1-3-2;1-2/h10-14,16,21-22,28H,15H2,1-9H3,(H,29,32)(H,34,35);3H2,1-2H3;1-2H3/b17-14+;;. The number of aryl methyl sites for hydroxylation is 1. The van der Waals surface area contributed by atoms with E-state index in [1.807, 2.05) is 73.7 Å². The minimum absolute atomic E-state index is 0.135. The van der Waals surface area contributed by atoms with Crippen LogP contribution in [0.2, 0.25) is 0 Å². The molecular formula is C32H54N4O4. The Morgan fingerprint density at radius 3 is 2.05 bits per heavy atom. The molecule has 0 saturated carbocycles. The number of nitrogens with zero attached hydrogens (tertiary/aromatic N) is 2. The molecule has 0 fully saturated rings. The first-order valence-electron chi connectivity index (χ1n) is 14.2. The fraction of sp³-hybridized carbons (Fsp3) is 0.594. The van der Waals surface area contributed by atoms with Crippen LogP contribution in [0, 0.1) is 5.41 Å². The van der Waals surface area contributed by atoms with Crippen LogP contribution in [-0.2, 0) is 26.8 Å². The smallest absolute Gasteiger partial charge is 0.331 e. The summed E-state index contributed by atoms with van der Waals surface area (Å²) in [6.45, 7) is 19.6. The lowest BCUT2D eigenvalue weighted by molar-refractivity contribution is -0.139. The maximum atomic E-state index is 13.6. The van der Waals surface area contributed by atoms with E-state index in [2.05, 4.69) is 41.3 Å². The number of aliphatic carboxylic acids is 1. The number of para-hydroxylation sites is 1. The van der Waals surface area contributed by atoms with E-state index >= 15 is 0 Å². The Labute approximate surface area is 242 Å². The van der Waals surface area contributed by atoms with Crippen molar-refractivity contribution in [3.8, 4) is 0 Å². The Kier molecular flexibility index (Phi) is 14.9. The Hall–Kier alpha value is -3.13. The van der Waals surface area contributed by atoms with Crippen LogP contribution in [0.4, 0.5) is 0 Å². The topological polar surface area (TPSA) is 104 Å². The summed E-state index contributed by atoms with van der Waals surface area (Å²) in [5.41, 5.74) is 1.13. The van der Waals surface area contributed by atoms with E-state index in [1.54, 1.807) is 14.1 Å². The first-order chi connectivity index (χ1) is 18.5. The van der Waals surface area contributed by atoms with Crippen molar-refractivity contribution in [3.63, 3.8) is 0 Å². The number of carboxylic acids is 1. The zero-order valence-corrected chi connectivity index (χ0v) is 27.1. The van der Waals surface area contributed by atoms with Gasteiger partial charge < -0.3 is 25.2 Å². The van der Waals surface area contributed by atoms with E-state index < -0.39 is 28.9 Å². The second-order valence-electron chi connectivity index (χ2n) is 11.5.